The molecule has 9 heteroatoms. The molecule has 8 nitrogen and oxygen atoms in total. The van der Waals surface area contributed by atoms with Gasteiger partial charge in [-0.15, -0.1) is 0 Å². The molecule has 1 N–H and O–H groups in total. The van der Waals surface area contributed by atoms with Crippen LogP contribution in [0, 0.1) is 17.1 Å². The van der Waals surface area contributed by atoms with Crippen molar-refractivity contribution in [3.63, 3.8) is 0 Å². The smallest absolute Gasteiger partial charge is 0.414 e. The number of nitrogens with one attached hydrogen (secondary N) is 1. The van der Waals surface area contributed by atoms with Gasteiger partial charge in [0.15, 0.2) is 5.82 Å². The minimum Gasteiger partial charge on any atom is -0.442 e. The van der Waals surface area contributed by atoms with Crippen molar-refractivity contribution in [1.29, 1.82) is 5.26 Å². The number of nitrogens with zero attached hydrogens (tertiary/aromatic N) is 4. The minimum atomic E-state index is -0.603. The van der Waals surface area contributed by atoms with Crippen LogP contribution >= 0.6 is 0 Å². The van der Waals surface area contributed by atoms with E-state index < -0.39 is 18.0 Å². The van der Waals surface area contributed by atoms with Crippen molar-refractivity contribution in [3.05, 3.63) is 42.0 Å². The molecule has 1 aromatic carbocycles. The largest absolute Gasteiger partial charge is 0.442 e. The molecule has 0 bridgehead atoms. The van der Waals surface area contributed by atoms with Crippen LogP contribution in [0.2, 0.25) is 0 Å². The van der Waals surface area contributed by atoms with Gasteiger partial charge in [-0.3, -0.25) is 9.69 Å². The molecule has 1 fully saturated rings. The molecule has 25 heavy (non-hydrogen) atoms. The Labute approximate surface area is 142 Å². The van der Waals surface area contributed by atoms with Crippen LogP contribution in [0.5, 0.6) is 0 Å². The molecule has 1 aromatic heterocycles. The van der Waals surface area contributed by atoms with E-state index in [1.807, 2.05) is 6.07 Å². The SMILES string of the molecule is CC(=O)NC[C@H]1CN(c2ccc(-n3cc(C#N)cn3)c(F)c2)C(=O)O1. The first-order valence-corrected chi connectivity index (χ1v) is 7.45. The second kappa shape index (κ2) is 6.60. The molecule has 1 atom stereocenters. The van der Waals surface area contributed by atoms with Gasteiger partial charge in [0, 0.05) is 13.1 Å². The van der Waals surface area contributed by atoms with Crippen LogP contribution in [0.4, 0.5) is 14.9 Å². The van der Waals surface area contributed by atoms with Gasteiger partial charge in [-0.05, 0) is 18.2 Å². The number of hydrogen-bond acceptors (Lipinski definition) is 5. The molecule has 3 rings (SSSR count). The predicted molar refractivity (Wildman–Crippen MR) is 84.5 cm³/mol. The van der Waals surface area contributed by atoms with Crippen molar-refractivity contribution in [1.82, 2.24) is 15.1 Å². The lowest BCUT2D eigenvalue weighted by molar-refractivity contribution is -0.119. The van der Waals surface area contributed by atoms with E-state index in [1.165, 1.54) is 41.0 Å². The van der Waals surface area contributed by atoms with Crippen molar-refractivity contribution < 1.29 is 18.7 Å². The summed E-state index contributed by atoms with van der Waals surface area (Å²) >= 11 is 0. The fourth-order valence-corrected chi connectivity index (χ4v) is 2.46. The number of benzene rings is 1. The third-order valence-electron chi connectivity index (χ3n) is 3.65. The van der Waals surface area contributed by atoms with Gasteiger partial charge in [-0.2, -0.15) is 10.4 Å². The second-order valence-corrected chi connectivity index (χ2v) is 5.47. The summed E-state index contributed by atoms with van der Waals surface area (Å²) in [5, 5.41) is 15.3. The Kier molecular flexibility index (Phi) is 4.35. The van der Waals surface area contributed by atoms with Gasteiger partial charge in [-0.1, -0.05) is 0 Å². The maximum Gasteiger partial charge on any atom is 0.414 e. The van der Waals surface area contributed by atoms with Crippen LogP contribution in [-0.2, 0) is 9.53 Å². The molecule has 2 amide bonds. The standard InChI is InChI=1S/C16H14FN5O3/c1-10(23)19-7-13-9-21(16(24)25-13)12-2-3-15(14(17)4-12)22-8-11(5-18)6-20-22/h2-4,6,8,13H,7,9H2,1H3,(H,19,23)/t13-/m0/s1. The number of aromatic nitrogens is 2. The van der Waals surface area contributed by atoms with Gasteiger partial charge in [0.05, 0.1) is 30.5 Å². The summed E-state index contributed by atoms with van der Waals surface area (Å²) in [4.78, 5) is 24.2. The van der Waals surface area contributed by atoms with Gasteiger partial charge in [0.25, 0.3) is 0 Å². The zero-order valence-electron chi connectivity index (χ0n) is 13.3. The average molecular weight is 343 g/mol. The zero-order valence-corrected chi connectivity index (χ0v) is 13.3. The summed E-state index contributed by atoms with van der Waals surface area (Å²) < 4.78 is 20.8. The van der Waals surface area contributed by atoms with Crippen LogP contribution in [-0.4, -0.2) is 41.0 Å². The molecule has 0 radical (unpaired) electrons. The molecule has 0 saturated carbocycles. The highest BCUT2D eigenvalue weighted by Crippen LogP contribution is 2.25. The Balaban J connectivity index is 1.77. The third kappa shape index (κ3) is 3.42. The number of halogens is 1. The quantitative estimate of drug-likeness (QED) is 0.903. The molecule has 0 aliphatic carbocycles. The number of ether oxygens (including phenoxy) is 1. The first-order valence-electron chi connectivity index (χ1n) is 7.45. The minimum absolute atomic E-state index is 0.160. The van der Waals surface area contributed by atoms with Crippen LogP contribution in [0.15, 0.2) is 30.6 Å². The van der Waals surface area contributed by atoms with Gasteiger partial charge >= 0.3 is 6.09 Å². The number of cyclic esters (lactones) is 1. The Morgan fingerprint density at radius 3 is 3.00 bits per heavy atom. The van der Waals surface area contributed by atoms with Crippen molar-refractivity contribution in [2.45, 2.75) is 13.0 Å². The van der Waals surface area contributed by atoms with E-state index >= 15 is 0 Å². The van der Waals surface area contributed by atoms with Crippen molar-refractivity contribution in [2.75, 3.05) is 18.0 Å². The number of nitriles is 1. The van der Waals surface area contributed by atoms with E-state index in [0.29, 0.717) is 11.3 Å². The Morgan fingerprint density at radius 1 is 1.56 bits per heavy atom. The fraction of sp³-hybridized carbons (Fsp3) is 0.250. The highest BCUT2D eigenvalue weighted by atomic mass is 19.1. The topological polar surface area (TPSA) is 100 Å². The zero-order chi connectivity index (χ0) is 18.0. The second-order valence-electron chi connectivity index (χ2n) is 5.47. The maximum atomic E-state index is 14.4. The van der Waals surface area contributed by atoms with E-state index in [9.17, 15) is 14.0 Å². The predicted octanol–water partition coefficient (Wildman–Crippen LogP) is 1.34. The number of hydrogen-bond donors (Lipinski definition) is 1. The molecule has 0 unspecified atom stereocenters. The van der Waals surface area contributed by atoms with Gasteiger partial charge in [0.2, 0.25) is 5.91 Å². The van der Waals surface area contributed by atoms with Gasteiger partial charge in [-0.25, -0.2) is 13.9 Å². The number of rotatable bonds is 4. The molecule has 0 spiro atoms. The monoisotopic (exact) mass is 343 g/mol. The third-order valence-corrected chi connectivity index (χ3v) is 3.65. The molecular weight excluding hydrogens is 329 g/mol. The normalized spacial score (nSPS) is 16.4. The lowest BCUT2D eigenvalue weighted by Gasteiger charge is -2.14. The first-order chi connectivity index (χ1) is 12.0. The van der Waals surface area contributed by atoms with Crippen molar-refractivity contribution in [2.24, 2.45) is 0 Å². The van der Waals surface area contributed by atoms with Gasteiger partial charge in [0.1, 0.15) is 17.9 Å². The molecule has 128 valence electrons. The van der Waals surface area contributed by atoms with Gasteiger partial charge < -0.3 is 10.1 Å². The average Bonchev–Trinajstić information content (AvgIpc) is 3.19. The summed E-state index contributed by atoms with van der Waals surface area (Å²) in [6, 6.07) is 6.15. The lowest BCUT2D eigenvalue weighted by Crippen LogP contribution is -2.33. The lowest BCUT2D eigenvalue weighted by atomic mass is 10.2. The van der Waals surface area contributed by atoms with E-state index in [0.717, 1.165) is 0 Å². The molecule has 1 aliphatic heterocycles. The number of amides is 2. The Hall–Kier alpha value is -3.41. The summed E-state index contributed by atoms with van der Waals surface area (Å²) in [6.45, 7) is 1.77. The number of anilines is 1. The highest BCUT2D eigenvalue weighted by Gasteiger charge is 2.32. The van der Waals surface area contributed by atoms with Crippen molar-refractivity contribution >= 4 is 17.7 Å². The molecule has 2 heterocycles. The van der Waals surface area contributed by atoms with Crippen molar-refractivity contribution in [3.8, 4) is 11.8 Å². The summed E-state index contributed by atoms with van der Waals surface area (Å²) in [6.07, 6.45) is 1.64. The Bertz CT molecular complexity index is 873. The van der Waals surface area contributed by atoms with Crippen LogP contribution < -0.4 is 10.2 Å². The number of carbonyl (C=O) groups is 2. The van der Waals surface area contributed by atoms with E-state index in [2.05, 4.69) is 10.4 Å². The summed E-state index contributed by atoms with van der Waals surface area (Å²) in [7, 11) is 0. The van der Waals surface area contributed by atoms with E-state index in [-0.39, 0.29) is 24.7 Å². The summed E-state index contributed by atoms with van der Waals surface area (Å²) in [5.41, 5.74) is 0.809. The van der Waals surface area contributed by atoms with E-state index in [4.69, 9.17) is 10.00 Å². The molecular formula is C16H14FN5O3. The molecule has 1 saturated heterocycles. The summed E-state index contributed by atoms with van der Waals surface area (Å²) in [5.74, 6) is -0.816. The molecule has 2 aromatic rings. The fourth-order valence-electron chi connectivity index (χ4n) is 2.46. The Morgan fingerprint density at radius 2 is 2.36 bits per heavy atom. The highest BCUT2D eigenvalue weighted by molar-refractivity contribution is 5.90. The van der Waals surface area contributed by atoms with Crippen LogP contribution in [0.3, 0.4) is 0 Å². The molecule has 1 aliphatic rings. The first kappa shape index (κ1) is 16.4. The van der Waals surface area contributed by atoms with Crippen LogP contribution in [0.25, 0.3) is 5.69 Å². The van der Waals surface area contributed by atoms with E-state index in [1.54, 1.807) is 6.07 Å². The number of carbonyl (C=O) groups excluding carboxylic acids is 2. The van der Waals surface area contributed by atoms with Crippen LogP contribution in [0.1, 0.15) is 12.5 Å². The maximum absolute atomic E-state index is 14.4.